The first kappa shape index (κ1) is 13.0. The van der Waals surface area contributed by atoms with Crippen molar-refractivity contribution in [2.24, 2.45) is 0 Å². The Labute approximate surface area is 117 Å². The number of H-pyrrole nitrogens is 1. The van der Waals surface area contributed by atoms with E-state index >= 15 is 0 Å². The van der Waals surface area contributed by atoms with Crippen LogP contribution in [0, 0.1) is 9.39 Å². The molecule has 0 radical (unpaired) electrons. The highest BCUT2D eigenvalue weighted by molar-refractivity contribution is 14.1. The van der Waals surface area contributed by atoms with Gasteiger partial charge >= 0.3 is 0 Å². The van der Waals surface area contributed by atoms with Gasteiger partial charge in [-0.15, -0.1) is 0 Å². The Morgan fingerprint density at radius 2 is 2.33 bits per heavy atom. The number of carbonyl (C=O) groups is 1. The molecule has 0 bridgehead atoms. The standard InChI is InChI=1S/C12H11FIN3O/c13-8-1-2-10(11(14)5-8)12(18)16-4-3-9-6-15-7-17-9/h1-2,5-7H,3-4H2,(H,15,17)(H,16,18). The Bertz CT molecular complexity index is 542. The number of aromatic nitrogens is 2. The molecule has 1 aromatic heterocycles. The summed E-state index contributed by atoms with van der Waals surface area (Å²) in [6.07, 6.45) is 4.00. The van der Waals surface area contributed by atoms with Crippen molar-refractivity contribution in [2.45, 2.75) is 6.42 Å². The lowest BCUT2D eigenvalue weighted by Gasteiger charge is -2.06. The summed E-state index contributed by atoms with van der Waals surface area (Å²) in [5.41, 5.74) is 1.45. The third-order valence-electron chi connectivity index (χ3n) is 2.41. The van der Waals surface area contributed by atoms with Crippen LogP contribution in [-0.2, 0) is 6.42 Å². The maximum absolute atomic E-state index is 12.9. The Kier molecular flexibility index (Phi) is 4.29. The number of hydrogen-bond acceptors (Lipinski definition) is 2. The second kappa shape index (κ2) is 5.94. The van der Waals surface area contributed by atoms with Crippen molar-refractivity contribution < 1.29 is 9.18 Å². The van der Waals surface area contributed by atoms with E-state index in [0.29, 0.717) is 22.1 Å². The number of benzene rings is 1. The lowest BCUT2D eigenvalue weighted by atomic mass is 10.2. The molecule has 2 rings (SSSR count). The molecule has 0 saturated heterocycles. The summed E-state index contributed by atoms with van der Waals surface area (Å²) in [7, 11) is 0. The van der Waals surface area contributed by atoms with Gasteiger partial charge in [0.15, 0.2) is 0 Å². The van der Waals surface area contributed by atoms with Crippen molar-refractivity contribution in [3.05, 3.63) is 51.4 Å². The Morgan fingerprint density at radius 1 is 1.50 bits per heavy atom. The number of imidazole rings is 1. The highest BCUT2D eigenvalue weighted by Crippen LogP contribution is 2.13. The van der Waals surface area contributed by atoms with Crippen LogP contribution in [0.1, 0.15) is 16.1 Å². The Hall–Kier alpha value is -1.44. The van der Waals surface area contributed by atoms with Crippen molar-refractivity contribution in [1.82, 2.24) is 15.3 Å². The zero-order chi connectivity index (χ0) is 13.0. The minimum absolute atomic E-state index is 0.195. The van der Waals surface area contributed by atoms with Crippen molar-refractivity contribution in [2.75, 3.05) is 6.54 Å². The van der Waals surface area contributed by atoms with E-state index in [4.69, 9.17) is 0 Å². The van der Waals surface area contributed by atoms with Gasteiger partial charge in [0.1, 0.15) is 5.82 Å². The van der Waals surface area contributed by atoms with Gasteiger partial charge in [0.05, 0.1) is 11.9 Å². The van der Waals surface area contributed by atoms with Crippen LogP contribution in [0.25, 0.3) is 0 Å². The van der Waals surface area contributed by atoms with Crippen LogP contribution in [0.15, 0.2) is 30.7 Å². The summed E-state index contributed by atoms with van der Waals surface area (Å²) >= 11 is 1.95. The van der Waals surface area contributed by atoms with Gasteiger partial charge in [-0.3, -0.25) is 4.79 Å². The van der Waals surface area contributed by atoms with Crippen LogP contribution in [0.5, 0.6) is 0 Å². The molecule has 0 aliphatic heterocycles. The maximum Gasteiger partial charge on any atom is 0.252 e. The quantitative estimate of drug-likeness (QED) is 0.822. The van der Waals surface area contributed by atoms with E-state index in [1.807, 2.05) is 22.6 Å². The third-order valence-corrected chi connectivity index (χ3v) is 3.30. The molecule has 0 aliphatic carbocycles. The van der Waals surface area contributed by atoms with Gasteiger partial charge in [0.2, 0.25) is 0 Å². The van der Waals surface area contributed by atoms with E-state index in [-0.39, 0.29) is 11.7 Å². The molecule has 0 aliphatic rings. The molecule has 2 aromatic rings. The second-order valence-electron chi connectivity index (χ2n) is 3.71. The zero-order valence-electron chi connectivity index (χ0n) is 9.41. The van der Waals surface area contributed by atoms with Gasteiger partial charge in [-0.25, -0.2) is 9.37 Å². The SMILES string of the molecule is O=C(NCCc1cnc[nH]1)c1ccc(F)cc1I. The highest BCUT2D eigenvalue weighted by Gasteiger charge is 2.09. The van der Waals surface area contributed by atoms with E-state index in [0.717, 1.165) is 5.69 Å². The van der Waals surface area contributed by atoms with Crippen LogP contribution >= 0.6 is 22.6 Å². The molecular weight excluding hydrogens is 348 g/mol. The summed E-state index contributed by atoms with van der Waals surface area (Å²) in [4.78, 5) is 18.7. The maximum atomic E-state index is 12.9. The molecule has 2 N–H and O–H groups in total. The average molecular weight is 359 g/mol. The first-order valence-corrected chi connectivity index (χ1v) is 6.45. The van der Waals surface area contributed by atoms with E-state index < -0.39 is 0 Å². The van der Waals surface area contributed by atoms with Crippen LogP contribution in [-0.4, -0.2) is 22.4 Å². The normalized spacial score (nSPS) is 10.3. The van der Waals surface area contributed by atoms with Crippen LogP contribution in [0.4, 0.5) is 4.39 Å². The minimum atomic E-state index is -0.339. The van der Waals surface area contributed by atoms with Gasteiger partial charge in [-0.1, -0.05) is 0 Å². The predicted molar refractivity (Wildman–Crippen MR) is 73.7 cm³/mol. The first-order valence-electron chi connectivity index (χ1n) is 5.37. The number of carbonyl (C=O) groups excluding carboxylic acids is 1. The smallest absolute Gasteiger partial charge is 0.252 e. The number of aromatic amines is 1. The third kappa shape index (κ3) is 3.28. The molecule has 0 fully saturated rings. The molecule has 0 spiro atoms. The molecule has 0 atom stereocenters. The van der Waals surface area contributed by atoms with Crippen molar-refractivity contribution >= 4 is 28.5 Å². The Morgan fingerprint density at radius 3 is 3.00 bits per heavy atom. The number of halogens is 2. The van der Waals surface area contributed by atoms with E-state index in [1.165, 1.54) is 18.2 Å². The highest BCUT2D eigenvalue weighted by atomic mass is 127. The largest absolute Gasteiger partial charge is 0.352 e. The molecular formula is C12H11FIN3O. The molecule has 0 unspecified atom stereocenters. The fourth-order valence-electron chi connectivity index (χ4n) is 1.50. The molecule has 94 valence electrons. The molecule has 6 heteroatoms. The fourth-order valence-corrected chi connectivity index (χ4v) is 2.22. The molecule has 1 aromatic carbocycles. The summed E-state index contributed by atoms with van der Waals surface area (Å²) in [5, 5.41) is 2.78. The van der Waals surface area contributed by atoms with Gasteiger partial charge in [0.25, 0.3) is 5.91 Å². The van der Waals surface area contributed by atoms with Crippen molar-refractivity contribution in [1.29, 1.82) is 0 Å². The molecule has 1 amide bonds. The van der Waals surface area contributed by atoms with Crippen LogP contribution < -0.4 is 5.32 Å². The second-order valence-corrected chi connectivity index (χ2v) is 4.87. The topological polar surface area (TPSA) is 57.8 Å². The summed E-state index contributed by atoms with van der Waals surface area (Å²) in [5.74, 6) is -0.535. The minimum Gasteiger partial charge on any atom is -0.352 e. The monoisotopic (exact) mass is 359 g/mol. The molecule has 4 nitrogen and oxygen atoms in total. The van der Waals surface area contributed by atoms with Gasteiger partial charge in [0, 0.05) is 28.4 Å². The van der Waals surface area contributed by atoms with E-state index in [2.05, 4.69) is 15.3 Å². The number of rotatable bonds is 4. The summed E-state index contributed by atoms with van der Waals surface area (Å²) < 4.78 is 13.5. The molecule has 0 saturated carbocycles. The van der Waals surface area contributed by atoms with Crippen LogP contribution in [0.2, 0.25) is 0 Å². The van der Waals surface area contributed by atoms with Crippen molar-refractivity contribution in [3.63, 3.8) is 0 Å². The Balaban J connectivity index is 1.91. The lowest BCUT2D eigenvalue weighted by molar-refractivity contribution is 0.0953. The molecule has 18 heavy (non-hydrogen) atoms. The summed E-state index contributed by atoms with van der Waals surface area (Å²) in [6, 6.07) is 4.11. The first-order chi connectivity index (χ1) is 8.66. The van der Waals surface area contributed by atoms with E-state index in [1.54, 1.807) is 12.5 Å². The average Bonchev–Trinajstić information content (AvgIpc) is 2.81. The zero-order valence-corrected chi connectivity index (χ0v) is 11.6. The molecule has 1 heterocycles. The van der Waals surface area contributed by atoms with Gasteiger partial charge in [-0.05, 0) is 40.8 Å². The number of nitrogens with zero attached hydrogens (tertiary/aromatic N) is 1. The summed E-state index contributed by atoms with van der Waals surface area (Å²) in [6.45, 7) is 0.508. The van der Waals surface area contributed by atoms with E-state index in [9.17, 15) is 9.18 Å². The number of amides is 1. The number of nitrogens with one attached hydrogen (secondary N) is 2. The van der Waals surface area contributed by atoms with Crippen molar-refractivity contribution in [3.8, 4) is 0 Å². The predicted octanol–water partition coefficient (Wildman–Crippen LogP) is 2.13. The fraction of sp³-hybridized carbons (Fsp3) is 0.167. The lowest BCUT2D eigenvalue weighted by Crippen LogP contribution is -2.26. The number of hydrogen-bond donors (Lipinski definition) is 2. The van der Waals surface area contributed by atoms with Crippen LogP contribution in [0.3, 0.4) is 0 Å². The van der Waals surface area contributed by atoms with Gasteiger partial charge < -0.3 is 10.3 Å². The van der Waals surface area contributed by atoms with Gasteiger partial charge in [-0.2, -0.15) is 0 Å².